The number of hydrogen-bond acceptors (Lipinski definition) is 4. The molecule has 0 fully saturated rings. The van der Waals surface area contributed by atoms with Crippen LogP contribution in [0.1, 0.15) is 30.6 Å². The number of carbonyl (C=O) groups excluding carboxylic acids is 1. The molecule has 0 atom stereocenters. The van der Waals surface area contributed by atoms with Crippen LogP contribution in [0, 0.1) is 5.92 Å². The maximum absolute atomic E-state index is 11.8. The molecule has 0 spiro atoms. The monoisotopic (exact) mass is 240 g/mol. The third-order valence-corrected chi connectivity index (χ3v) is 2.73. The van der Waals surface area contributed by atoms with Crippen LogP contribution in [-0.4, -0.2) is 21.6 Å². The van der Waals surface area contributed by atoms with Gasteiger partial charge < -0.3 is 10.2 Å². The standard InChI is InChI=1S/C12H16O3S/c1-8(2)6-11(13)9-4-3-5-10(7-9)16-12(14)15/h3-5,7-8,12,14-15H,6H2,1-2H3. The minimum Gasteiger partial charge on any atom is -0.359 e. The van der Waals surface area contributed by atoms with Crippen molar-refractivity contribution >= 4 is 17.5 Å². The fraction of sp³-hybridized carbons (Fsp3) is 0.417. The van der Waals surface area contributed by atoms with Gasteiger partial charge in [0.15, 0.2) is 5.78 Å². The number of hydrogen-bond donors (Lipinski definition) is 2. The molecule has 0 saturated carbocycles. The van der Waals surface area contributed by atoms with E-state index in [1.165, 1.54) is 0 Å². The molecule has 0 aliphatic heterocycles. The van der Waals surface area contributed by atoms with Gasteiger partial charge in [-0.15, -0.1) is 0 Å². The molecule has 3 nitrogen and oxygen atoms in total. The molecule has 1 aromatic rings. The van der Waals surface area contributed by atoms with Crippen molar-refractivity contribution in [3.63, 3.8) is 0 Å². The molecule has 0 radical (unpaired) electrons. The van der Waals surface area contributed by atoms with Gasteiger partial charge in [0.05, 0.1) is 0 Å². The summed E-state index contributed by atoms with van der Waals surface area (Å²) in [7, 11) is 0. The Bertz CT molecular complexity index is 361. The first-order valence-electron chi connectivity index (χ1n) is 5.15. The second-order valence-corrected chi connectivity index (χ2v) is 5.12. The van der Waals surface area contributed by atoms with Crippen LogP contribution in [0.5, 0.6) is 0 Å². The number of aliphatic hydroxyl groups excluding tert-OH is 1. The quantitative estimate of drug-likeness (QED) is 0.471. The highest BCUT2D eigenvalue weighted by molar-refractivity contribution is 7.99. The molecule has 0 saturated heterocycles. The van der Waals surface area contributed by atoms with Crippen LogP contribution >= 0.6 is 11.8 Å². The molecule has 2 N–H and O–H groups in total. The molecule has 0 bridgehead atoms. The Morgan fingerprint density at radius 1 is 1.38 bits per heavy atom. The van der Waals surface area contributed by atoms with E-state index in [4.69, 9.17) is 10.2 Å². The van der Waals surface area contributed by atoms with Gasteiger partial charge in [0.25, 0.3) is 0 Å². The van der Waals surface area contributed by atoms with E-state index in [1.807, 2.05) is 13.8 Å². The normalized spacial score (nSPS) is 11.1. The lowest BCUT2D eigenvalue weighted by atomic mass is 10.0. The second-order valence-electron chi connectivity index (χ2n) is 3.99. The number of Topliss-reactive ketones (excluding diaryl/α,β-unsaturated/α-hetero) is 1. The van der Waals surface area contributed by atoms with E-state index in [-0.39, 0.29) is 5.78 Å². The van der Waals surface area contributed by atoms with E-state index < -0.39 is 5.62 Å². The first kappa shape index (κ1) is 13.2. The summed E-state index contributed by atoms with van der Waals surface area (Å²) >= 11 is 0.908. The van der Waals surface area contributed by atoms with Crippen LogP contribution in [0.4, 0.5) is 0 Å². The van der Waals surface area contributed by atoms with Crippen molar-refractivity contribution < 1.29 is 15.0 Å². The van der Waals surface area contributed by atoms with Gasteiger partial charge in [0, 0.05) is 16.9 Å². The molecule has 0 heterocycles. The third kappa shape index (κ3) is 4.35. The topological polar surface area (TPSA) is 57.5 Å². The van der Waals surface area contributed by atoms with Crippen LogP contribution < -0.4 is 0 Å². The summed E-state index contributed by atoms with van der Waals surface area (Å²) in [5.74, 6) is 0.414. The van der Waals surface area contributed by atoms with Gasteiger partial charge in [0.2, 0.25) is 5.62 Å². The molecular weight excluding hydrogens is 224 g/mol. The lowest BCUT2D eigenvalue weighted by molar-refractivity contribution is 0.0405. The molecule has 88 valence electrons. The molecular formula is C12H16O3S. The van der Waals surface area contributed by atoms with Gasteiger partial charge in [-0.25, -0.2) is 0 Å². The fourth-order valence-electron chi connectivity index (χ4n) is 1.35. The van der Waals surface area contributed by atoms with Crippen molar-refractivity contribution in [3.05, 3.63) is 29.8 Å². The zero-order chi connectivity index (χ0) is 12.1. The number of ketones is 1. The predicted molar refractivity (Wildman–Crippen MR) is 64.3 cm³/mol. The number of thioether (sulfide) groups is 1. The first-order chi connectivity index (χ1) is 7.49. The summed E-state index contributed by atoms with van der Waals surface area (Å²) < 4.78 is 0. The van der Waals surface area contributed by atoms with E-state index in [2.05, 4.69) is 0 Å². The van der Waals surface area contributed by atoms with Crippen LogP contribution in [0.15, 0.2) is 29.2 Å². The van der Waals surface area contributed by atoms with Gasteiger partial charge in [-0.05, 0) is 18.1 Å². The summed E-state index contributed by atoms with van der Waals surface area (Å²) in [5.41, 5.74) is -0.824. The summed E-state index contributed by atoms with van der Waals surface area (Å²) in [6, 6.07) is 6.93. The van der Waals surface area contributed by atoms with E-state index >= 15 is 0 Å². The summed E-state index contributed by atoms with van der Waals surface area (Å²) in [4.78, 5) is 12.4. The molecule has 0 unspecified atom stereocenters. The molecule has 0 amide bonds. The number of benzene rings is 1. The van der Waals surface area contributed by atoms with Crippen molar-refractivity contribution in [2.75, 3.05) is 0 Å². The fourth-order valence-corrected chi connectivity index (χ4v) is 1.95. The van der Waals surface area contributed by atoms with Crippen LogP contribution in [0.3, 0.4) is 0 Å². The largest absolute Gasteiger partial charge is 0.359 e. The van der Waals surface area contributed by atoms with Crippen LogP contribution in [0.25, 0.3) is 0 Å². The van der Waals surface area contributed by atoms with E-state index in [1.54, 1.807) is 24.3 Å². The van der Waals surface area contributed by atoms with E-state index in [0.29, 0.717) is 22.8 Å². The summed E-state index contributed by atoms with van der Waals surface area (Å²) in [6.45, 7) is 3.99. The second kappa shape index (κ2) is 6.03. The zero-order valence-corrected chi connectivity index (χ0v) is 10.2. The summed E-state index contributed by atoms with van der Waals surface area (Å²) in [6.07, 6.45) is 0.510. The average molecular weight is 240 g/mol. The van der Waals surface area contributed by atoms with Gasteiger partial charge in [-0.3, -0.25) is 4.79 Å². The van der Waals surface area contributed by atoms with Gasteiger partial charge >= 0.3 is 0 Å². The molecule has 0 aromatic heterocycles. The van der Waals surface area contributed by atoms with Crippen LogP contribution in [-0.2, 0) is 0 Å². The van der Waals surface area contributed by atoms with Crippen molar-refractivity contribution in [1.29, 1.82) is 0 Å². The Morgan fingerprint density at radius 3 is 2.62 bits per heavy atom. The highest BCUT2D eigenvalue weighted by Gasteiger charge is 2.09. The van der Waals surface area contributed by atoms with E-state index in [9.17, 15) is 4.79 Å². The Morgan fingerprint density at radius 2 is 2.06 bits per heavy atom. The minimum absolute atomic E-state index is 0.0879. The predicted octanol–water partition coefficient (Wildman–Crippen LogP) is 2.28. The Labute approximate surface area is 99.5 Å². The molecule has 1 aromatic carbocycles. The maximum atomic E-state index is 11.8. The lowest BCUT2D eigenvalue weighted by Crippen LogP contribution is -2.04. The first-order valence-corrected chi connectivity index (χ1v) is 6.03. The van der Waals surface area contributed by atoms with Crippen molar-refractivity contribution in [3.8, 4) is 0 Å². The summed E-state index contributed by atoms with van der Waals surface area (Å²) in [5, 5.41) is 17.6. The molecule has 16 heavy (non-hydrogen) atoms. The smallest absolute Gasteiger partial charge is 0.206 e. The maximum Gasteiger partial charge on any atom is 0.206 e. The van der Waals surface area contributed by atoms with Crippen molar-refractivity contribution in [1.82, 2.24) is 0 Å². The SMILES string of the molecule is CC(C)CC(=O)c1cccc(SC(O)O)c1. The molecule has 0 aliphatic rings. The molecule has 0 aliphatic carbocycles. The van der Waals surface area contributed by atoms with Gasteiger partial charge in [-0.2, -0.15) is 0 Å². The molecule has 4 heteroatoms. The van der Waals surface area contributed by atoms with Gasteiger partial charge in [0.1, 0.15) is 0 Å². The van der Waals surface area contributed by atoms with Crippen molar-refractivity contribution in [2.24, 2.45) is 5.92 Å². The third-order valence-electron chi connectivity index (χ3n) is 1.99. The van der Waals surface area contributed by atoms with Gasteiger partial charge in [-0.1, -0.05) is 37.7 Å². The lowest BCUT2D eigenvalue weighted by Gasteiger charge is -2.07. The number of rotatable bonds is 5. The van der Waals surface area contributed by atoms with Crippen molar-refractivity contribution in [2.45, 2.75) is 30.8 Å². The highest BCUT2D eigenvalue weighted by Crippen LogP contribution is 2.22. The molecule has 1 rings (SSSR count). The van der Waals surface area contributed by atoms with Crippen LogP contribution in [0.2, 0.25) is 0 Å². The average Bonchev–Trinajstić information content (AvgIpc) is 2.16. The Kier molecular flexibility index (Phi) is 4.99. The Hall–Kier alpha value is -0.840. The van der Waals surface area contributed by atoms with E-state index in [0.717, 1.165) is 11.8 Å². The minimum atomic E-state index is -1.45. The Balaban J connectivity index is 2.77. The number of carbonyl (C=O) groups is 1. The zero-order valence-electron chi connectivity index (χ0n) is 9.38. The highest BCUT2D eigenvalue weighted by atomic mass is 32.2. The number of aliphatic hydroxyl groups is 2.